The lowest BCUT2D eigenvalue weighted by atomic mass is 10.1. The maximum Gasteiger partial charge on any atom is 0.242 e. The molecule has 1 aromatic carbocycles. The molecule has 0 bridgehead atoms. The monoisotopic (exact) mass is 488 g/mol. The van der Waals surface area contributed by atoms with Crippen LogP contribution in [0, 0.1) is 5.92 Å². The minimum Gasteiger partial charge on any atom is -0.473 e. The molecule has 0 fully saturated rings. The number of carbonyl (C=O) groups is 1. The van der Waals surface area contributed by atoms with E-state index in [9.17, 15) is 4.79 Å². The SMILES string of the molecule is C.C.C.C.C.CC(C)C(=O)c1ccco1.CC(C)Oc1nc2ccccc2nc1-c1cccs1. The summed E-state index contributed by atoms with van der Waals surface area (Å²) in [7, 11) is 0. The van der Waals surface area contributed by atoms with E-state index in [0.717, 1.165) is 21.6 Å². The van der Waals surface area contributed by atoms with E-state index in [4.69, 9.17) is 14.1 Å². The molecule has 3 heterocycles. The number of carbonyl (C=O) groups excluding carboxylic acids is 1. The highest BCUT2D eigenvalue weighted by atomic mass is 32.1. The summed E-state index contributed by atoms with van der Waals surface area (Å²) in [6, 6.07) is 15.3. The lowest BCUT2D eigenvalue weighted by Gasteiger charge is -2.12. The van der Waals surface area contributed by atoms with Gasteiger partial charge in [0.1, 0.15) is 5.69 Å². The van der Waals surface area contributed by atoms with Crippen LogP contribution >= 0.6 is 11.3 Å². The second kappa shape index (κ2) is 16.6. The quantitative estimate of drug-likeness (QED) is 0.262. The number of aromatic nitrogens is 2. The van der Waals surface area contributed by atoms with Crippen LogP contribution in [-0.2, 0) is 0 Å². The first-order valence-corrected chi connectivity index (χ1v) is 10.4. The highest BCUT2D eigenvalue weighted by molar-refractivity contribution is 7.13. The fraction of sp³-hybridized carbons (Fsp3) is 0.393. The predicted molar refractivity (Wildman–Crippen MR) is 150 cm³/mol. The van der Waals surface area contributed by atoms with Crippen molar-refractivity contribution >= 4 is 28.2 Å². The predicted octanol–water partition coefficient (Wildman–Crippen LogP) is 9.44. The van der Waals surface area contributed by atoms with Gasteiger partial charge in [-0.1, -0.05) is 69.2 Å². The summed E-state index contributed by atoms with van der Waals surface area (Å²) < 4.78 is 10.7. The summed E-state index contributed by atoms with van der Waals surface area (Å²) in [6.45, 7) is 7.69. The molecule has 0 saturated heterocycles. The van der Waals surface area contributed by atoms with Gasteiger partial charge in [0.15, 0.2) is 11.5 Å². The molecule has 0 N–H and O–H groups in total. The average Bonchev–Trinajstić information content (AvgIpc) is 3.41. The van der Waals surface area contributed by atoms with Gasteiger partial charge >= 0.3 is 0 Å². The molecule has 0 spiro atoms. The van der Waals surface area contributed by atoms with Crippen LogP contribution in [0.2, 0.25) is 0 Å². The third-order valence-corrected chi connectivity index (χ3v) is 4.81. The normalized spacial score (nSPS) is 9.24. The number of Topliss-reactive ketones (excluding diaryl/α,β-unsaturated/α-hetero) is 1. The number of fused-ring (bicyclic) bond motifs is 1. The Kier molecular flexibility index (Phi) is 17.4. The van der Waals surface area contributed by atoms with Gasteiger partial charge in [0, 0.05) is 5.92 Å². The van der Waals surface area contributed by atoms with Crippen LogP contribution < -0.4 is 4.74 Å². The van der Waals surface area contributed by atoms with Crippen LogP contribution in [0.4, 0.5) is 0 Å². The highest BCUT2D eigenvalue weighted by Gasteiger charge is 2.14. The van der Waals surface area contributed by atoms with Crippen LogP contribution in [0.25, 0.3) is 21.6 Å². The van der Waals surface area contributed by atoms with Crippen LogP contribution in [0.3, 0.4) is 0 Å². The fourth-order valence-corrected chi connectivity index (χ4v) is 3.27. The van der Waals surface area contributed by atoms with Crippen molar-refractivity contribution in [1.82, 2.24) is 9.97 Å². The molecule has 190 valence electrons. The Morgan fingerprint density at radius 1 is 0.853 bits per heavy atom. The summed E-state index contributed by atoms with van der Waals surface area (Å²) in [4.78, 5) is 21.5. The van der Waals surface area contributed by atoms with Crippen molar-refractivity contribution in [3.05, 3.63) is 65.9 Å². The molecule has 34 heavy (non-hydrogen) atoms. The van der Waals surface area contributed by atoms with Crippen molar-refractivity contribution in [3.63, 3.8) is 0 Å². The lowest BCUT2D eigenvalue weighted by Crippen LogP contribution is -2.08. The first-order valence-electron chi connectivity index (χ1n) is 9.50. The molecule has 4 rings (SSSR count). The summed E-state index contributed by atoms with van der Waals surface area (Å²) in [5, 5.41) is 2.03. The zero-order valence-corrected chi connectivity index (χ0v) is 17.8. The maximum atomic E-state index is 11.1. The smallest absolute Gasteiger partial charge is 0.242 e. The van der Waals surface area contributed by atoms with Crippen molar-refractivity contribution in [3.8, 4) is 16.5 Å². The Balaban J connectivity index is -0.000000563. The van der Waals surface area contributed by atoms with Gasteiger partial charge in [-0.05, 0) is 49.6 Å². The molecule has 0 unspecified atom stereocenters. The van der Waals surface area contributed by atoms with Gasteiger partial charge in [0.2, 0.25) is 5.88 Å². The van der Waals surface area contributed by atoms with Crippen LogP contribution in [0.5, 0.6) is 5.88 Å². The number of thiophene rings is 1. The topological polar surface area (TPSA) is 65.2 Å². The molecule has 0 aliphatic carbocycles. The maximum absolute atomic E-state index is 11.1. The van der Waals surface area contributed by atoms with E-state index < -0.39 is 0 Å². The molecule has 3 aromatic heterocycles. The zero-order chi connectivity index (χ0) is 20.8. The van der Waals surface area contributed by atoms with Gasteiger partial charge in [-0.3, -0.25) is 4.79 Å². The number of benzene rings is 1. The van der Waals surface area contributed by atoms with Crippen molar-refractivity contribution in [1.29, 1.82) is 0 Å². The van der Waals surface area contributed by atoms with Crippen molar-refractivity contribution < 1.29 is 13.9 Å². The van der Waals surface area contributed by atoms with Gasteiger partial charge in [-0.2, -0.15) is 0 Å². The minimum atomic E-state index is 0. The van der Waals surface area contributed by atoms with Gasteiger partial charge in [0.25, 0.3) is 0 Å². The van der Waals surface area contributed by atoms with E-state index in [2.05, 4.69) is 4.98 Å². The number of ketones is 1. The van der Waals surface area contributed by atoms with Crippen LogP contribution in [0.15, 0.2) is 64.6 Å². The Morgan fingerprint density at radius 2 is 1.47 bits per heavy atom. The number of furan rings is 1. The third kappa shape index (κ3) is 9.10. The molecule has 0 aliphatic rings. The molecule has 0 atom stereocenters. The van der Waals surface area contributed by atoms with E-state index in [1.54, 1.807) is 23.5 Å². The Labute approximate surface area is 211 Å². The molecule has 4 aromatic rings. The second-order valence-electron chi connectivity index (χ2n) is 7.01. The first kappa shape index (κ1) is 35.6. The first-order chi connectivity index (χ1) is 14.0. The fourth-order valence-electron chi connectivity index (χ4n) is 2.57. The van der Waals surface area contributed by atoms with E-state index in [0.29, 0.717) is 11.6 Å². The van der Waals surface area contributed by atoms with Crippen molar-refractivity contribution in [2.75, 3.05) is 0 Å². The number of hydrogen-bond donors (Lipinski definition) is 0. The largest absolute Gasteiger partial charge is 0.473 e. The number of nitrogens with zero attached hydrogens (tertiary/aromatic N) is 2. The Bertz CT molecular complexity index is 1060. The van der Waals surface area contributed by atoms with Gasteiger partial charge in [-0.15, -0.1) is 11.3 Å². The standard InChI is InChI=1S/C15H14N2OS.C8H10O2.5CH4/c1-10(2)18-15-14(13-8-5-9-19-13)16-11-6-3-4-7-12(11)17-15;1-6(2)8(9)7-4-3-5-10-7;;;;;/h3-10H,1-2H3;3-6H,1-2H3;5*1H4. The molecule has 5 nitrogen and oxygen atoms in total. The number of hydrogen-bond acceptors (Lipinski definition) is 6. The lowest BCUT2D eigenvalue weighted by molar-refractivity contribution is 0.0911. The summed E-state index contributed by atoms with van der Waals surface area (Å²) in [6.07, 6.45) is 1.59. The second-order valence-corrected chi connectivity index (χ2v) is 7.95. The van der Waals surface area contributed by atoms with E-state index in [1.165, 1.54) is 6.26 Å². The van der Waals surface area contributed by atoms with Crippen LogP contribution in [-0.4, -0.2) is 21.9 Å². The molecular weight excluding hydrogens is 444 g/mol. The summed E-state index contributed by atoms with van der Waals surface area (Å²) in [5.74, 6) is 1.14. The van der Waals surface area contributed by atoms with Crippen molar-refractivity contribution in [2.45, 2.75) is 70.9 Å². The van der Waals surface area contributed by atoms with Gasteiger partial charge in [0.05, 0.1) is 28.3 Å². The van der Waals surface area contributed by atoms with Crippen LogP contribution in [0.1, 0.15) is 75.4 Å². The minimum absolute atomic E-state index is 0. The van der Waals surface area contributed by atoms with Gasteiger partial charge < -0.3 is 9.15 Å². The van der Waals surface area contributed by atoms with Crippen molar-refractivity contribution in [2.24, 2.45) is 5.92 Å². The molecule has 0 aliphatic heterocycles. The van der Waals surface area contributed by atoms with E-state index in [-0.39, 0.29) is 54.9 Å². The number of rotatable bonds is 5. The molecule has 0 saturated carbocycles. The van der Waals surface area contributed by atoms with E-state index in [1.807, 2.05) is 69.5 Å². The summed E-state index contributed by atoms with van der Waals surface area (Å²) in [5.41, 5.74) is 2.57. The zero-order valence-electron chi connectivity index (χ0n) is 17.0. The third-order valence-electron chi connectivity index (χ3n) is 3.93. The molecule has 0 amide bonds. The van der Waals surface area contributed by atoms with E-state index >= 15 is 0 Å². The number of para-hydroxylation sites is 2. The average molecular weight is 489 g/mol. The Morgan fingerprint density at radius 3 is 1.94 bits per heavy atom. The summed E-state index contributed by atoms with van der Waals surface area (Å²) >= 11 is 1.64. The molecule has 6 heteroatoms. The molecular formula is C28H44N2O3S. The Hall–Kier alpha value is -2.99. The van der Waals surface area contributed by atoms with Gasteiger partial charge in [-0.25, -0.2) is 9.97 Å². The number of ether oxygens (including phenoxy) is 1. The highest BCUT2D eigenvalue weighted by Crippen LogP contribution is 2.32. The molecule has 0 radical (unpaired) electrons.